The minimum Gasteiger partial charge on any atom is -0.0531 e. The third kappa shape index (κ3) is 1.17. The molecule has 1 aromatic carbocycles. The zero-order chi connectivity index (χ0) is 7.56. The van der Waals surface area contributed by atoms with Crippen molar-refractivity contribution in [1.82, 2.24) is 0 Å². The van der Waals surface area contributed by atoms with Crippen LogP contribution in [0.2, 0.25) is 0 Å². The summed E-state index contributed by atoms with van der Waals surface area (Å²) in [5, 5.41) is 8.45. The van der Waals surface area contributed by atoms with Crippen LogP contribution in [0.3, 0.4) is 0 Å². The fourth-order valence-electron chi connectivity index (χ4n) is 0.704. The van der Waals surface area contributed by atoms with E-state index in [9.17, 15) is 0 Å². The zero-order valence-electron chi connectivity index (χ0n) is 5.50. The average Bonchev–Trinajstić information content (AvgIpc) is 1.95. The normalized spacial score (nSPS) is 8.90. The van der Waals surface area contributed by atoms with E-state index in [-0.39, 0.29) is 0 Å². The fourth-order valence-corrected chi connectivity index (χ4v) is 1.06. The number of diazo groups is 1. The molecule has 0 aliphatic heterocycles. The summed E-state index contributed by atoms with van der Waals surface area (Å²) in [4.78, 5) is 3.10. The molecule has 0 saturated carbocycles. The van der Waals surface area contributed by atoms with Crippen LogP contribution >= 0.6 is 15.9 Å². The van der Waals surface area contributed by atoms with Crippen LogP contribution < -0.4 is 0 Å². The molecule has 0 bridgehead atoms. The van der Waals surface area contributed by atoms with E-state index in [0.29, 0.717) is 5.69 Å². The Morgan fingerprint density at radius 2 is 2.20 bits per heavy atom. The molecule has 0 N–H and O–H groups in total. The monoisotopic (exact) mass is 197 g/mol. The molecule has 0 aromatic heterocycles. The van der Waals surface area contributed by atoms with Gasteiger partial charge in [-0.3, -0.25) is 0 Å². The molecular formula is C7H6BrN2+. The van der Waals surface area contributed by atoms with Crippen molar-refractivity contribution in [2.24, 2.45) is 0 Å². The lowest BCUT2D eigenvalue weighted by molar-refractivity contribution is 1.39. The van der Waals surface area contributed by atoms with E-state index in [1.54, 1.807) is 6.07 Å². The Bertz CT molecular complexity index is 288. The second kappa shape index (κ2) is 2.80. The third-order valence-electron chi connectivity index (χ3n) is 1.35. The number of nitrogens with zero attached hydrogens (tertiary/aromatic N) is 2. The van der Waals surface area contributed by atoms with Crippen LogP contribution in [0.1, 0.15) is 5.56 Å². The van der Waals surface area contributed by atoms with Gasteiger partial charge in [0.2, 0.25) is 5.39 Å². The van der Waals surface area contributed by atoms with E-state index < -0.39 is 0 Å². The summed E-state index contributed by atoms with van der Waals surface area (Å²) < 4.78 is 0.961. The summed E-state index contributed by atoms with van der Waals surface area (Å²) in [6, 6.07) is 5.48. The summed E-state index contributed by atoms with van der Waals surface area (Å²) >= 11 is 3.32. The molecule has 3 heteroatoms. The van der Waals surface area contributed by atoms with Crippen molar-refractivity contribution in [2.75, 3.05) is 0 Å². The summed E-state index contributed by atoms with van der Waals surface area (Å²) in [5.41, 5.74) is 1.55. The molecular weight excluding hydrogens is 192 g/mol. The largest absolute Gasteiger partial charge is 0.389 e. The van der Waals surface area contributed by atoms with Crippen LogP contribution in [0, 0.1) is 12.3 Å². The van der Waals surface area contributed by atoms with E-state index in [1.807, 2.05) is 19.1 Å². The minimum atomic E-state index is 0.606. The first-order valence-corrected chi connectivity index (χ1v) is 3.65. The number of halogens is 1. The molecule has 0 radical (unpaired) electrons. The number of rotatable bonds is 0. The average molecular weight is 198 g/mol. The Balaban J connectivity index is 3.31. The van der Waals surface area contributed by atoms with Crippen molar-refractivity contribution in [3.63, 3.8) is 0 Å². The molecule has 0 saturated heterocycles. The van der Waals surface area contributed by atoms with Gasteiger partial charge in [-0.05, 0) is 13.0 Å². The van der Waals surface area contributed by atoms with Crippen molar-refractivity contribution in [1.29, 1.82) is 5.39 Å². The Labute approximate surface area is 67.6 Å². The van der Waals surface area contributed by atoms with Crippen LogP contribution in [0.15, 0.2) is 22.7 Å². The van der Waals surface area contributed by atoms with Gasteiger partial charge in [-0.15, -0.1) is 0 Å². The molecule has 0 aliphatic rings. The maximum absolute atomic E-state index is 8.45. The molecule has 0 fully saturated rings. The minimum absolute atomic E-state index is 0.606. The Morgan fingerprint density at radius 1 is 1.50 bits per heavy atom. The highest BCUT2D eigenvalue weighted by atomic mass is 79.9. The first kappa shape index (κ1) is 7.23. The molecule has 0 unspecified atom stereocenters. The second-order valence-corrected chi connectivity index (χ2v) is 2.84. The van der Waals surface area contributed by atoms with Crippen LogP contribution in [0.25, 0.3) is 4.98 Å². The predicted octanol–water partition coefficient (Wildman–Crippen LogP) is 3.24. The summed E-state index contributed by atoms with van der Waals surface area (Å²) in [5.74, 6) is 0. The zero-order valence-corrected chi connectivity index (χ0v) is 7.09. The topological polar surface area (TPSA) is 28.1 Å². The molecule has 1 aromatic rings. The molecule has 0 spiro atoms. The highest BCUT2D eigenvalue weighted by Crippen LogP contribution is 2.25. The molecule has 0 amide bonds. The smallest absolute Gasteiger partial charge is 0.0531 e. The molecule has 50 valence electrons. The van der Waals surface area contributed by atoms with Crippen LogP contribution in [0.4, 0.5) is 5.69 Å². The van der Waals surface area contributed by atoms with E-state index in [2.05, 4.69) is 20.9 Å². The maximum atomic E-state index is 8.45. The standard InChI is InChI=1S/C7H6BrN2/c1-5-6(8)3-2-4-7(5)10-9/h2-4H,1H3/q+1. The molecule has 10 heavy (non-hydrogen) atoms. The number of benzene rings is 1. The van der Waals surface area contributed by atoms with Crippen LogP contribution in [-0.2, 0) is 0 Å². The first-order valence-electron chi connectivity index (χ1n) is 2.86. The van der Waals surface area contributed by atoms with Crippen LogP contribution in [-0.4, -0.2) is 0 Å². The van der Waals surface area contributed by atoms with Gasteiger partial charge in [-0.25, -0.2) is 0 Å². The van der Waals surface area contributed by atoms with Crippen molar-refractivity contribution in [3.05, 3.63) is 33.2 Å². The van der Waals surface area contributed by atoms with Gasteiger partial charge in [-0.1, -0.05) is 22.0 Å². The number of hydrogen-bond donors (Lipinski definition) is 0. The van der Waals surface area contributed by atoms with E-state index in [4.69, 9.17) is 5.39 Å². The second-order valence-electron chi connectivity index (χ2n) is 1.98. The molecule has 1 rings (SSSR count). The SMILES string of the molecule is Cc1c(Br)cccc1[N+]#N. The highest BCUT2D eigenvalue weighted by molar-refractivity contribution is 9.10. The quantitative estimate of drug-likeness (QED) is 0.588. The number of hydrogen-bond acceptors (Lipinski definition) is 1. The summed E-state index contributed by atoms with van der Waals surface area (Å²) in [6.07, 6.45) is 0. The molecule has 0 aliphatic carbocycles. The molecule has 2 nitrogen and oxygen atoms in total. The lowest BCUT2D eigenvalue weighted by Gasteiger charge is -1.89. The van der Waals surface area contributed by atoms with Crippen molar-refractivity contribution in [2.45, 2.75) is 6.92 Å². The fraction of sp³-hybridized carbons (Fsp3) is 0.143. The van der Waals surface area contributed by atoms with Gasteiger partial charge in [0.05, 0.1) is 5.56 Å². The lowest BCUT2D eigenvalue weighted by atomic mass is 10.2. The van der Waals surface area contributed by atoms with E-state index >= 15 is 0 Å². The third-order valence-corrected chi connectivity index (χ3v) is 2.21. The first-order chi connectivity index (χ1) is 4.75. The van der Waals surface area contributed by atoms with Gasteiger partial charge in [-0.2, -0.15) is 0 Å². The van der Waals surface area contributed by atoms with E-state index in [0.717, 1.165) is 10.0 Å². The van der Waals surface area contributed by atoms with Gasteiger partial charge >= 0.3 is 5.69 Å². The lowest BCUT2D eigenvalue weighted by Crippen LogP contribution is -1.72. The van der Waals surface area contributed by atoms with Gasteiger partial charge < -0.3 is 0 Å². The van der Waals surface area contributed by atoms with E-state index in [1.165, 1.54) is 0 Å². The van der Waals surface area contributed by atoms with Gasteiger partial charge in [0.25, 0.3) is 0 Å². The Kier molecular flexibility index (Phi) is 2.03. The highest BCUT2D eigenvalue weighted by Gasteiger charge is 2.10. The molecule has 0 atom stereocenters. The van der Waals surface area contributed by atoms with Gasteiger partial charge in [0.1, 0.15) is 0 Å². The summed E-state index contributed by atoms with van der Waals surface area (Å²) in [7, 11) is 0. The molecule has 0 heterocycles. The maximum Gasteiger partial charge on any atom is 0.389 e. The van der Waals surface area contributed by atoms with Gasteiger partial charge in [0.15, 0.2) is 4.98 Å². The Morgan fingerprint density at radius 3 is 2.70 bits per heavy atom. The Hall–Kier alpha value is -0.880. The van der Waals surface area contributed by atoms with Crippen molar-refractivity contribution in [3.8, 4) is 0 Å². The predicted molar refractivity (Wildman–Crippen MR) is 43.6 cm³/mol. The van der Waals surface area contributed by atoms with Crippen LogP contribution in [0.5, 0.6) is 0 Å². The van der Waals surface area contributed by atoms with Gasteiger partial charge in [0, 0.05) is 10.5 Å². The summed E-state index contributed by atoms with van der Waals surface area (Å²) in [6.45, 7) is 1.89. The van der Waals surface area contributed by atoms with Crippen molar-refractivity contribution >= 4 is 21.6 Å². The van der Waals surface area contributed by atoms with Crippen molar-refractivity contribution < 1.29 is 0 Å².